The van der Waals surface area contributed by atoms with Crippen LogP contribution < -0.4 is 10.6 Å². The number of sulfonamides is 1. The lowest BCUT2D eigenvalue weighted by atomic mass is 10.1. The van der Waals surface area contributed by atoms with Crippen molar-refractivity contribution < 1.29 is 13.2 Å². The summed E-state index contributed by atoms with van der Waals surface area (Å²) < 4.78 is 26.8. The first-order valence-electron chi connectivity index (χ1n) is 9.65. The minimum Gasteiger partial charge on any atom is -0.355 e. The smallest absolute Gasteiger partial charge is 0.243 e. The fourth-order valence-corrected chi connectivity index (χ4v) is 5.11. The Morgan fingerprint density at radius 3 is 2.50 bits per heavy atom. The van der Waals surface area contributed by atoms with Crippen LogP contribution in [0.3, 0.4) is 0 Å². The standard InChI is InChI=1S/C19H29N3O3S/c23-19(21-15-17-5-4-12-20-17)11-8-16-6-9-18(10-7-16)26(24,25)22-13-2-1-3-14-22/h6-7,9-10,17,20H,1-5,8,11-15H2,(H,21,23). The fourth-order valence-electron chi connectivity index (χ4n) is 3.60. The van der Waals surface area contributed by atoms with Gasteiger partial charge >= 0.3 is 0 Å². The molecule has 26 heavy (non-hydrogen) atoms. The molecule has 2 aliphatic rings. The largest absolute Gasteiger partial charge is 0.355 e. The quantitative estimate of drug-likeness (QED) is 0.755. The van der Waals surface area contributed by atoms with E-state index in [1.54, 1.807) is 16.4 Å². The second kappa shape index (κ2) is 8.97. The Morgan fingerprint density at radius 1 is 1.12 bits per heavy atom. The molecule has 3 rings (SSSR count). The molecule has 1 atom stereocenters. The van der Waals surface area contributed by atoms with E-state index in [-0.39, 0.29) is 5.91 Å². The molecule has 2 heterocycles. The number of nitrogens with one attached hydrogen (secondary N) is 2. The highest BCUT2D eigenvalue weighted by Gasteiger charge is 2.25. The summed E-state index contributed by atoms with van der Waals surface area (Å²) in [6.07, 6.45) is 6.30. The van der Waals surface area contributed by atoms with E-state index in [1.165, 1.54) is 6.42 Å². The van der Waals surface area contributed by atoms with Crippen molar-refractivity contribution in [2.45, 2.75) is 55.9 Å². The van der Waals surface area contributed by atoms with E-state index in [0.717, 1.165) is 37.8 Å². The van der Waals surface area contributed by atoms with E-state index in [2.05, 4.69) is 10.6 Å². The number of hydrogen-bond donors (Lipinski definition) is 2. The molecule has 2 N–H and O–H groups in total. The molecule has 6 nitrogen and oxygen atoms in total. The molecular weight excluding hydrogens is 350 g/mol. The van der Waals surface area contributed by atoms with Crippen LogP contribution in [0.25, 0.3) is 0 Å². The van der Waals surface area contributed by atoms with Gasteiger partial charge in [-0.1, -0.05) is 18.6 Å². The number of carbonyl (C=O) groups is 1. The van der Waals surface area contributed by atoms with Crippen molar-refractivity contribution in [3.05, 3.63) is 29.8 Å². The Kier molecular flexibility index (Phi) is 6.67. The molecule has 144 valence electrons. The topological polar surface area (TPSA) is 78.5 Å². The minimum absolute atomic E-state index is 0.0451. The fraction of sp³-hybridized carbons (Fsp3) is 0.632. The van der Waals surface area contributed by atoms with Gasteiger partial charge in [-0.15, -0.1) is 0 Å². The summed E-state index contributed by atoms with van der Waals surface area (Å²) in [6, 6.07) is 7.38. The zero-order valence-electron chi connectivity index (χ0n) is 15.2. The molecule has 0 radical (unpaired) electrons. The lowest BCUT2D eigenvalue weighted by molar-refractivity contribution is -0.121. The summed E-state index contributed by atoms with van der Waals surface area (Å²) in [5.74, 6) is 0.0451. The van der Waals surface area contributed by atoms with Gasteiger partial charge in [-0.05, 0) is 56.3 Å². The highest BCUT2D eigenvalue weighted by molar-refractivity contribution is 7.89. The molecule has 1 aromatic rings. The second-order valence-corrected chi connectivity index (χ2v) is 9.14. The van der Waals surface area contributed by atoms with Crippen molar-refractivity contribution >= 4 is 15.9 Å². The third-order valence-corrected chi connectivity index (χ3v) is 7.14. The minimum atomic E-state index is -3.38. The Labute approximate surface area is 156 Å². The number of benzene rings is 1. The zero-order chi connectivity index (χ0) is 18.4. The Morgan fingerprint density at radius 2 is 1.85 bits per heavy atom. The molecule has 2 aliphatic heterocycles. The van der Waals surface area contributed by atoms with Gasteiger partial charge in [0.15, 0.2) is 0 Å². The van der Waals surface area contributed by atoms with E-state index < -0.39 is 10.0 Å². The molecule has 7 heteroatoms. The molecule has 2 saturated heterocycles. The Bertz CT molecular complexity index is 691. The van der Waals surface area contributed by atoms with Crippen molar-refractivity contribution in [1.29, 1.82) is 0 Å². The van der Waals surface area contributed by atoms with Gasteiger partial charge in [0.1, 0.15) is 0 Å². The highest BCUT2D eigenvalue weighted by atomic mass is 32.2. The molecular formula is C19H29N3O3S. The average Bonchev–Trinajstić information content (AvgIpc) is 3.19. The van der Waals surface area contributed by atoms with Crippen LogP contribution in [-0.4, -0.2) is 50.9 Å². The van der Waals surface area contributed by atoms with Gasteiger partial charge in [0.05, 0.1) is 4.90 Å². The van der Waals surface area contributed by atoms with Crippen LogP contribution in [0, 0.1) is 0 Å². The lowest BCUT2D eigenvalue weighted by Crippen LogP contribution is -2.37. The van der Waals surface area contributed by atoms with Crippen molar-refractivity contribution in [2.24, 2.45) is 0 Å². The first kappa shape index (κ1) is 19.3. The molecule has 0 aliphatic carbocycles. The van der Waals surface area contributed by atoms with Gasteiger partial charge in [0.25, 0.3) is 0 Å². The van der Waals surface area contributed by atoms with Crippen LogP contribution in [0.4, 0.5) is 0 Å². The molecule has 2 fully saturated rings. The average molecular weight is 380 g/mol. The van der Waals surface area contributed by atoms with Crippen molar-refractivity contribution in [3.8, 4) is 0 Å². The van der Waals surface area contributed by atoms with Gasteiger partial charge in [-0.25, -0.2) is 8.42 Å². The van der Waals surface area contributed by atoms with Gasteiger partial charge in [-0.2, -0.15) is 4.31 Å². The molecule has 0 spiro atoms. The van der Waals surface area contributed by atoms with Gasteiger partial charge in [0.2, 0.25) is 15.9 Å². The summed E-state index contributed by atoms with van der Waals surface area (Å²) in [6.45, 7) is 2.94. The SMILES string of the molecule is O=C(CCc1ccc(S(=O)(=O)N2CCCCC2)cc1)NCC1CCCN1. The van der Waals surface area contributed by atoms with Crippen LogP contribution in [0.5, 0.6) is 0 Å². The van der Waals surface area contributed by atoms with Gasteiger partial charge in [0, 0.05) is 32.1 Å². The second-order valence-electron chi connectivity index (χ2n) is 7.21. The molecule has 1 aromatic carbocycles. The number of amides is 1. The number of rotatable bonds is 7. The molecule has 0 bridgehead atoms. The maximum atomic E-state index is 12.6. The van der Waals surface area contributed by atoms with Crippen molar-refractivity contribution in [3.63, 3.8) is 0 Å². The number of carbonyl (C=O) groups excluding carboxylic acids is 1. The number of piperidine rings is 1. The van der Waals surface area contributed by atoms with Crippen molar-refractivity contribution in [2.75, 3.05) is 26.2 Å². The van der Waals surface area contributed by atoms with Gasteiger partial charge in [-0.3, -0.25) is 4.79 Å². The van der Waals surface area contributed by atoms with Crippen LogP contribution in [0.2, 0.25) is 0 Å². The van der Waals surface area contributed by atoms with E-state index in [0.29, 0.717) is 43.4 Å². The highest BCUT2D eigenvalue weighted by Crippen LogP contribution is 2.21. The third-order valence-electron chi connectivity index (χ3n) is 5.22. The maximum absolute atomic E-state index is 12.6. The maximum Gasteiger partial charge on any atom is 0.243 e. The summed E-state index contributed by atoms with van der Waals surface area (Å²) in [7, 11) is -3.38. The summed E-state index contributed by atoms with van der Waals surface area (Å²) >= 11 is 0. The predicted molar refractivity (Wildman–Crippen MR) is 101 cm³/mol. The number of aryl methyl sites for hydroxylation is 1. The van der Waals surface area contributed by atoms with E-state index in [9.17, 15) is 13.2 Å². The monoisotopic (exact) mass is 379 g/mol. The lowest BCUT2D eigenvalue weighted by Gasteiger charge is -2.25. The summed E-state index contributed by atoms with van der Waals surface area (Å²) in [4.78, 5) is 12.3. The summed E-state index contributed by atoms with van der Waals surface area (Å²) in [5, 5.41) is 6.33. The van der Waals surface area contributed by atoms with Crippen LogP contribution in [-0.2, 0) is 21.2 Å². The van der Waals surface area contributed by atoms with Crippen LogP contribution in [0.1, 0.15) is 44.1 Å². The van der Waals surface area contributed by atoms with E-state index >= 15 is 0 Å². The molecule has 0 aromatic heterocycles. The van der Waals surface area contributed by atoms with Gasteiger partial charge < -0.3 is 10.6 Å². The molecule has 1 unspecified atom stereocenters. The van der Waals surface area contributed by atoms with E-state index in [4.69, 9.17) is 0 Å². The Balaban J connectivity index is 1.48. The predicted octanol–water partition coefficient (Wildman–Crippen LogP) is 1.66. The van der Waals surface area contributed by atoms with Crippen LogP contribution >= 0.6 is 0 Å². The zero-order valence-corrected chi connectivity index (χ0v) is 16.1. The number of hydrogen-bond acceptors (Lipinski definition) is 4. The van der Waals surface area contributed by atoms with Crippen molar-refractivity contribution in [1.82, 2.24) is 14.9 Å². The molecule has 0 saturated carbocycles. The summed E-state index contributed by atoms with van der Waals surface area (Å²) in [5.41, 5.74) is 0.983. The normalized spacial score (nSPS) is 21.6. The first-order chi connectivity index (χ1) is 12.6. The molecule has 1 amide bonds. The first-order valence-corrected chi connectivity index (χ1v) is 11.1. The number of nitrogens with zero attached hydrogens (tertiary/aromatic N) is 1. The van der Waals surface area contributed by atoms with E-state index in [1.807, 2.05) is 12.1 Å². The Hall–Kier alpha value is -1.44. The third kappa shape index (κ3) is 5.05. The van der Waals surface area contributed by atoms with Crippen LogP contribution in [0.15, 0.2) is 29.2 Å².